The summed E-state index contributed by atoms with van der Waals surface area (Å²) in [5.41, 5.74) is 3.12. The van der Waals surface area contributed by atoms with Crippen molar-refractivity contribution in [3.8, 4) is 11.8 Å². The second kappa shape index (κ2) is 10.7. The summed E-state index contributed by atoms with van der Waals surface area (Å²) in [6.45, 7) is 11.8. The number of benzene rings is 1. The maximum atomic E-state index is 14.3. The van der Waals surface area contributed by atoms with Gasteiger partial charge in [-0.15, -0.1) is 0 Å². The van der Waals surface area contributed by atoms with Crippen LogP contribution < -0.4 is 15.3 Å². The van der Waals surface area contributed by atoms with Crippen molar-refractivity contribution in [2.24, 2.45) is 5.41 Å². The molecule has 2 aliphatic carbocycles. The average molecular weight is 655 g/mol. The lowest BCUT2D eigenvalue weighted by Gasteiger charge is -2.42. The molecule has 14 nitrogen and oxygen atoms in total. The van der Waals surface area contributed by atoms with Gasteiger partial charge in [0.15, 0.2) is 11.4 Å². The highest BCUT2D eigenvalue weighted by Crippen LogP contribution is 2.63. The molecule has 3 aliphatic rings. The van der Waals surface area contributed by atoms with Crippen LogP contribution in [0.4, 0.5) is 5.82 Å². The molecule has 3 aromatic rings. The van der Waals surface area contributed by atoms with E-state index in [2.05, 4.69) is 29.0 Å². The number of aliphatic hydroxyl groups is 2. The number of carbonyl (C=O) groups excluding carboxylic acids is 1. The van der Waals surface area contributed by atoms with Crippen molar-refractivity contribution in [1.82, 2.24) is 19.7 Å². The van der Waals surface area contributed by atoms with E-state index in [0.717, 1.165) is 5.56 Å². The quantitative estimate of drug-likeness (QED) is 0.194. The monoisotopic (exact) mass is 654 g/mol. The molecule has 0 amide bonds. The van der Waals surface area contributed by atoms with E-state index in [1.54, 1.807) is 18.2 Å². The molecule has 1 aliphatic heterocycles. The van der Waals surface area contributed by atoms with E-state index >= 15 is 0 Å². The minimum Gasteiger partial charge on any atom is -0.461 e. The molecule has 3 heterocycles. The van der Waals surface area contributed by atoms with Gasteiger partial charge in [0.05, 0.1) is 5.69 Å². The van der Waals surface area contributed by atoms with Crippen LogP contribution in [-0.4, -0.2) is 66.8 Å². The third-order valence-corrected chi connectivity index (χ3v) is 10.6. The van der Waals surface area contributed by atoms with Gasteiger partial charge in [0, 0.05) is 0 Å². The van der Waals surface area contributed by atoms with Crippen molar-refractivity contribution >= 4 is 25.1 Å². The molecule has 0 bridgehead atoms. The number of aliphatic hydroxyl groups excluding tert-OH is 1. The average Bonchev–Trinajstić information content (AvgIpc) is 3.22. The Hall–Kier alpha value is -3.57. The minimum absolute atomic E-state index is 0.0771. The first-order chi connectivity index (χ1) is 21.4. The Kier molecular flexibility index (Phi) is 7.55. The number of aromatic nitrogens is 3. The summed E-state index contributed by atoms with van der Waals surface area (Å²) in [6, 6.07) is 10.8. The second-order valence-corrected chi connectivity index (χ2v) is 15.9. The Labute approximate surface area is 266 Å². The summed E-state index contributed by atoms with van der Waals surface area (Å²) in [6.07, 6.45) is -2.19. The molecule has 246 valence electrons. The van der Waals surface area contributed by atoms with Crippen LogP contribution in [0.2, 0.25) is 0 Å². The fourth-order valence-electron chi connectivity index (χ4n) is 6.30. The number of nitrogens with one attached hydrogen (secondary N) is 1. The summed E-state index contributed by atoms with van der Waals surface area (Å²) in [7, 11) is -4.47. The number of hydrogen-bond acceptors (Lipinski definition) is 12. The molecule has 7 atom stereocenters. The number of esters is 1. The number of nitriles is 1. The predicted octanol–water partition coefficient (Wildman–Crippen LogP) is 3.11. The lowest BCUT2D eigenvalue weighted by Crippen LogP contribution is -2.48. The molecule has 0 radical (unpaired) electrons. The SMILES string of the molecule is C[C@H](NP(=O)(Oc1ccc(C(C)(C)C)cc1)OC1[C@H]2O[C@@](C#N)(c3ccc4c(N)ncnn34)[C@H](O)[C@@]12O)C(=O)OC1CC(C)(C)C1. The highest BCUT2D eigenvalue weighted by atomic mass is 31.2. The molecule has 15 heteroatoms. The zero-order valence-electron chi connectivity index (χ0n) is 26.5. The van der Waals surface area contributed by atoms with Crippen LogP contribution >= 0.6 is 7.75 Å². The van der Waals surface area contributed by atoms with E-state index in [-0.39, 0.29) is 34.2 Å². The largest absolute Gasteiger partial charge is 0.461 e. The van der Waals surface area contributed by atoms with E-state index in [0.29, 0.717) is 18.4 Å². The van der Waals surface area contributed by atoms with Crippen LogP contribution in [0.3, 0.4) is 0 Å². The van der Waals surface area contributed by atoms with Crippen molar-refractivity contribution < 1.29 is 38.1 Å². The molecule has 5 N–H and O–H groups in total. The Balaban J connectivity index is 1.24. The van der Waals surface area contributed by atoms with Crippen molar-refractivity contribution in [1.29, 1.82) is 5.26 Å². The first-order valence-electron chi connectivity index (χ1n) is 15.1. The standard InChI is InChI=1S/C31H39N6O8P/c1-17(26(38)42-20-13-29(5,6)14-20)36-46(41,44-19-9-7-18(8-10-19)28(2,3)4)45-24-23-31(24,40)27(39)30(15-32,43-23)22-12-11-21-25(33)34-16-35-37(21)22/h7-12,16-17,20,23-24,27,39-40H,13-14H2,1-6H3,(H,36,41)(H2,33,34,35)/t17-,23+,24?,27-,30-,31-,46?/m0/s1. The molecule has 3 fully saturated rings. The molecule has 1 aromatic carbocycles. The number of nitrogens with zero attached hydrogens (tertiary/aromatic N) is 4. The molecule has 0 spiro atoms. The van der Waals surface area contributed by atoms with Crippen LogP contribution in [0.15, 0.2) is 42.7 Å². The number of fused-ring (bicyclic) bond motifs is 2. The smallest absolute Gasteiger partial charge is 0.459 e. The van der Waals surface area contributed by atoms with Crippen molar-refractivity contribution in [2.45, 2.75) is 101 Å². The molecular weight excluding hydrogens is 615 g/mol. The fraction of sp³-hybridized carbons (Fsp3) is 0.548. The van der Waals surface area contributed by atoms with Crippen LogP contribution in [-0.2, 0) is 34.4 Å². The van der Waals surface area contributed by atoms with Crippen LogP contribution in [0.1, 0.15) is 65.6 Å². The lowest BCUT2D eigenvalue weighted by molar-refractivity contribution is -0.161. The van der Waals surface area contributed by atoms with E-state index in [1.165, 1.54) is 23.8 Å². The maximum Gasteiger partial charge on any atom is 0.459 e. The third-order valence-electron chi connectivity index (χ3n) is 8.99. The van der Waals surface area contributed by atoms with Gasteiger partial charge in [-0.1, -0.05) is 46.8 Å². The summed E-state index contributed by atoms with van der Waals surface area (Å²) < 4.78 is 38.9. The zero-order chi connectivity index (χ0) is 33.4. The second-order valence-electron chi connectivity index (χ2n) is 14.2. The Morgan fingerprint density at radius 3 is 2.48 bits per heavy atom. The van der Waals surface area contributed by atoms with E-state index in [4.69, 9.17) is 24.3 Å². The Morgan fingerprint density at radius 1 is 1.24 bits per heavy atom. The zero-order valence-corrected chi connectivity index (χ0v) is 27.4. The third kappa shape index (κ3) is 5.35. The number of rotatable bonds is 9. The summed E-state index contributed by atoms with van der Waals surface area (Å²) in [4.78, 5) is 16.9. The summed E-state index contributed by atoms with van der Waals surface area (Å²) in [5.74, 6) is -0.333. The van der Waals surface area contributed by atoms with E-state index < -0.39 is 49.3 Å². The number of nitrogen functional groups attached to an aromatic ring is 1. The van der Waals surface area contributed by atoms with Gasteiger partial charge >= 0.3 is 13.7 Å². The van der Waals surface area contributed by atoms with Crippen LogP contribution in [0, 0.1) is 16.7 Å². The maximum absolute atomic E-state index is 14.3. The molecule has 1 saturated heterocycles. The predicted molar refractivity (Wildman–Crippen MR) is 164 cm³/mol. The fourth-order valence-corrected chi connectivity index (χ4v) is 8.02. The molecular formula is C31H39N6O8P. The van der Waals surface area contributed by atoms with Crippen LogP contribution in [0.5, 0.6) is 5.75 Å². The Bertz CT molecular complexity index is 1760. The van der Waals surface area contributed by atoms with Gasteiger partial charge in [0.25, 0.3) is 0 Å². The van der Waals surface area contributed by atoms with Gasteiger partial charge in [-0.3, -0.25) is 9.32 Å². The number of ether oxygens (including phenoxy) is 2. The molecule has 2 aromatic heterocycles. The van der Waals surface area contributed by atoms with Gasteiger partial charge in [-0.25, -0.2) is 14.1 Å². The molecule has 46 heavy (non-hydrogen) atoms. The minimum atomic E-state index is -4.47. The Morgan fingerprint density at radius 2 is 1.91 bits per heavy atom. The van der Waals surface area contributed by atoms with Gasteiger partial charge in [0.2, 0.25) is 5.60 Å². The van der Waals surface area contributed by atoms with Gasteiger partial charge in [0.1, 0.15) is 54.1 Å². The van der Waals surface area contributed by atoms with Crippen molar-refractivity contribution in [2.75, 3.05) is 5.73 Å². The van der Waals surface area contributed by atoms with Gasteiger partial charge in [-0.2, -0.15) is 15.4 Å². The lowest BCUT2D eigenvalue weighted by atomic mass is 9.70. The number of anilines is 1. The molecule has 6 rings (SSSR count). The first kappa shape index (κ1) is 32.4. The van der Waals surface area contributed by atoms with Gasteiger partial charge < -0.3 is 29.9 Å². The van der Waals surface area contributed by atoms with E-state index in [9.17, 15) is 24.8 Å². The highest BCUT2D eigenvalue weighted by Gasteiger charge is 2.84. The highest BCUT2D eigenvalue weighted by molar-refractivity contribution is 7.52. The summed E-state index contributed by atoms with van der Waals surface area (Å²) >= 11 is 0. The number of carbonyl (C=O) groups is 1. The van der Waals surface area contributed by atoms with Crippen LogP contribution in [0.25, 0.3) is 5.52 Å². The van der Waals surface area contributed by atoms with Crippen molar-refractivity contribution in [3.63, 3.8) is 0 Å². The number of hydrogen-bond donors (Lipinski definition) is 4. The van der Waals surface area contributed by atoms with Crippen molar-refractivity contribution in [3.05, 3.63) is 54.0 Å². The molecule has 2 unspecified atom stereocenters. The number of nitrogens with two attached hydrogens (primary N) is 1. The normalized spacial score (nSPS) is 30.5. The van der Waals surface area contributed by atoms with E-state index in [1.807, 2.05) is 39.0 Å². The first-order valence-corrected chi connectivity index (χ1v) is 16.6. The van der Waals surface area contributed by atoms with Gasteiger partial charge in [-0.05, 0) is 60.4 Å². The molecule has 2 saturated carbocycles. The topological polar surface area (TPSA) is 204 Å². The summed E-state index contributed by atoms with van der Waals surface area (Å²) in [5, 5.41) is 40.0.